The van der Waals surface area contributed by atoms with Crippen molar-refractivity contribution in [2.75, 3.05) is 0 Å². The molecular weight excluding hydrogens is 482 g/mol. The van der Waals surface area contributed by atoms with Crippen molar-refractivity contribution in [3.63, 3.8) is 0 Å². The first-order chi connectivity index (χ1) is 12.7. The fraction of sp³-hybridized carbons (Fsp3) is 0.286. The molecule has 142 valence electrons. The number of carbonyl (C=O) groups excluding carboxylic acids is 1. The van der Waals surface area contributed by atoms with E-state index in [0.717, 1.165) is 3.39 Å². The van der Waals surface area contributed by atoms with E-state index in [0.29, 0.717) is 0 Å². The Balaban J connectivity index is 1.74. The first-order valence-electron chi connectivity index (χ1n) is 8.45. The van der Waals surface area contributed by atoms with Crippen LogP contribution in [-0.4, -0.2) is 5.97 Å². The maximum atomic E-state index is 14.8. The Morgan fingerprint density at radius 1 is 1.11 bits per heavy atom. The van der Waals surface area contributed by atoms with E-state index in [4.69, 9.17) is 4.74 Å². The van der Waals surface area contributed by atoms with Gasteiger partial charge in [0.15, 0.2) is 0 Å². The summed E-state index contributed by atoms with van der Waals surface area (Å²) in [4.78, 5) is 12.4. The normalized spacial score (nSPS) is 20.1. The van der Waals surface area contributed by atoms with Gasteiger partial charge in [-0.1, -0.05) is 56.3 Å². The number of halogens is 4. The Morgan fingerprint density at radius 2 is 1.78 bits per heavy atom. The van der Waals surface area contributed by atoms with E-state index < -0.39 is 11.6 Å². The van der Waals surface area contributed by atoms with Crippen LogP contribution in [0.1, 0.15) is 19.4 Å². The van der Waals surface area contributed by atoms with E-state index in [1.54, 1.807) is 18.2 Å². The molecule has 1 aliphatic carbocycles. The average Bonchev–Trinajstić information content (AvgIpc) is 3.14. The molecule has 0 spiro atoms. The minimum absolute atomic E-state index is 0.0494. The maximum absolute atomic E-state index is 14.8. The fourth-order valence-electron chi connectivity index (χ4n) is 3.39. The molecule has 2 unspecified atom stereocenters. The Bertz CT molecular complexity index is 905. The van der Waals surface area contributed by atoms with E-state index in [9.17, 15) is 13.6 Å². The molecule has 0 radical (unpaired) electrons. The summed E-state index contributed by atoms with van der Waals surface area (Å²) < 4.78 is 35.0. The predicted molar refractivity (Wildman–Crippen MR) is 108 cm³/mol. The lowest BCUT2D eigenvalue weighted by Crippen LogP contribution is -2.11. The van der Waals surface area contributed by atoms with Gasteiger partial charge in [-0.2, -0.15) is 0 Å². The second-order valence-corrected chi connectivity index (χ2v) is 9.92. The molecule has 6 heteroatoms. The van der Waals surface area contributed by atoms with Crippen LogP contribution in [0, 0.1) is 28.9 Å². The summed E-state index contributed by atoms with van der Waals surface area (Å²) >= 11 is 6.62. The maximum Gasteiger partial charge on any atom is 0.310 e. The molecule has 3 rings (SSSR count). The van der Waals surface area contributed by atoms with Crippen LogP contribution in [-0.2, 0) is 16.1 Å². The fourth-order valence-corrected chi connectivity index (χ4v) is 3.96. The van der Waals surface area contributed by atoms with Crippen molar-refractivity contribution >= 4 is 37.8 Å². The minimum Gasteiger partial charge on any atom is -0.460 e. The molecule has 2 nitrogen and oxygen atoms in total. The monoisotopic (exact) mass is 498 g/mol. The summed E-state index contributed by atoms with van der Waals surface area (Å²) in [6, 6.07) is 10.7. The largest absolute Gasteiger partial charge is 0.460 e. The van der Waals surface area contributed by atoms with Crippen molar-refractivity contribution in [3.8, 4) is 11.1 Å². The van der Waals surface area contributed by atoms with Gasteiger partial charge >= 0.3 is 5.97 Å². The second kappa shape index (κ2) is 7.84. The van der Waals surface area contributed by atoms with Gasteiger partial charge < -0.3 is 4.74 Å². The van der Waals surface area contributed by atoms with Crippen molar-refractivity contribution in [1.29, 1.82) is 0 Å². The number of hydrogen-bond acceptors (Lipinski definition) is 2. The topological polar surface area (TPSA) is 26.3 Å². The van der Waals surface area contributed by atoms with E-state index in [-0.39, 0.29) is 46.5 Å². The number of carbonyl (C=O) groups is 1. The molecule has 0 amide bonds. The molecule has 0 N–H and O–H groups in total. The Labute approximate surface area is 173 Å². The molecule has 0 aliphatic heterocycles. The summed E-state index contributed by atoms with van der Waals surface area (Å²) in [5.41, 5.74) is 0.338. The summed E-state index contributed by atoms with van der Waals surface area (Å²) in [5, 5.41) is 0. The van der Waals surface area contributed by atoms with Crippen LogP contribution >= 0.6 is 31.9 Å². The SMILES string of the molecule is CC1(C)C(C=C(Br)Br)C1C(=O)OCc1cccc(-c2ccccc2F)c1F. The highest BCUT2D eigenvalue weighted by molar-refractivity contribution is 9.28. The van der Waals surface area contributed by atoms with Gasteiger partial charge in [0.25, 0.3) is 0 Å². The molecule has 1 aliphatic rings. The summed E-state index contributed by atoms with van der Waals surface area (Å²) in [6.07, 6.45) is 1.92. The molecular formula is C21H18Br2F2O2. The Morgan fingerprint density at radius 3 is 2.44 bits per heavy atom. The summed E-state index contributed by atoms with van der Waals surface area (Å²) in [6.45, 7) is 3.79. The van der Waals surface area contributed by atoms with Crippen molar-refractivity contribution < 1.29 is 18.3 Å². The van der Waals surface area contributed by atoms with Crippen molar-refractivity contribution in [2.45, 2.75) is 20.5 Å². The van der Waals surface area contributed by atoms with Gasteiger partial charge in [0.1, 0.15) is 18.2 Å². The van der Waals surface area contributed by atoms with Gasteiger partial charge in [-0.05, 0) is 49.3 Å². The van der Waals surface area contributed by atoms with Crippen LogP contribution in [0.25, 0.3) is 11.1 Å². The van der Waals surface area contributed by atoms with Gasteiger partial charge in [0.05, 0.1) is 9.31 Å². The number of rotatable bonds is 5. The molecule has 27 heavy (non-hydrogen) atoms. The number of hydrogen-bond donors (Lipinski definition) is 0. The molecule has 1 saturated carbocycles. The molecule has 0 saturated heterocycles. The molecule has 0 heterocycles. The highest BCUT2D eigenvalue weighted by Gasteiger charge is 2.61. The number of allylic oxidation sites excluding steroid dienone is 1. The number of esters is 1. The third-order valence-corrected chi connectivity index (χ3v) is 5.61. The molecule has 0 bridgehead atoms. The highest BCUT2D eigenvalue weighted by Crippen LogP contribution is 2.60. The van der Waals surface area contributed by atoms with Gasteiger partial charge in [0.2, 0.25) is 0 Å². The second-order valence-electron chi connectivity index (χ2n) is 7.15. The Kier molecular flexibility index (Phi) is 5.87. The van der Waals surface area contributed by atoms with Crippen molar-refractivity contribution in [2.24, 2.45) is 17.3 Å². The quantitative estimate of drug-likeness (QED) is 0.434. The van der Waals surface area contributed by atoms with Crippen molar-refractivity contribution in [1.82, 2.24) is 0 Å². The zero-order valence-corrected chi connectivity index (χ0v) is 18.0. The van der Waals surface area contributed by atoms with Gasteiger partial charge in [-0.15, -0.1) is 0 Å². The van der Waals surface area contributed by atoms with Gasteiger partial charge in [0, 0.05) is 16.7 Å². The average molecular weight is 500 g/mol. The first-order valence-corrected chi connectivity index (χ1v) is 10.0. The first kappa shape index (κ1) is 20.2. The third kappa shape index (κ3) is 4.16. The third-order valence-electron chi connectivity index (χ3n) is 5.08. The smallest absolute Gasteiger partial charge is 0.310 e. The molecule has 2 aromatic carbocycles. The lowest BCUT2D eigenvalue weighted by Gasteiger charge is -2.10. The van der Waals surface area contributed by atoms with Gasteiger partial charge in [-0.3, -0.25) is 4.79 Å². The summed E-state index contributed by atoms with van der Waals surface area (Å²) in [7, 11) is 0. The van der Waals surface area contributed by atoms with Crippen LogP contribution in [0.3, 0.4) is 0 Å². The van der Waals surface area contributed by atoms with Crippen LogP contribution in [0.15, 0.2) is 51.9 Å². The van der Waals surface area contributed by atoms with Gasteiger partial charge in [-0.25, -0.2) is 8.78 Å². The summed E-state index contributed by atoms with van der Waals surface area (Å²) in [5.74, 6) is -1.67. The van der Waals surface area contributed by atoms with E-state index in [2.05, 4.69) is 31.9 Å². The molecule has 0 aromatic heterocycles. The molecule has 2 atom stereocenters. The van der Waals surface area contributed by atoms with Crippen LogP contribution in [0.4, 0.5) is 8.78 Å². The zero-order chi connectivity index (χ0) is 19.8. The predicted octanol–water partition coefficient (Wildman–Crippen LogP) is 6.58. The molecule has 1 fully saturated rings. The minimum atomic E-state index is -0.579. The van der Waals surface area contributed by atoms with E-state index in [1.165, 1.54) is 24.3 Å². The highest BCUT2D eigenvalue weighted by atomic mass is 79.9. The molecule has 2 aromatic rings. The Hall–Kier alpha value is -1.53. The number of ether oxygens (including phenoxy) is 1. The number of benzene rings is 2. The van der Waals surface area contributed by atoms with Crippen LogP contribution in [0.5, 0.6) is 0 Å². The zero-order valence-electron chi connectivity index (χ0n) is 14.8. The van der Waals surface area contributed by atoms with Crippen LogP contribution in [0.2, 0.25) is 0 Å². The standard InChI is InChI=1S/C21H18Br2F2O2/c1-21(2)15(10-17(22)23)18(21)20(26)27-11-12-6-5-8-14(19(12)25)13-7-3-4-9-16(13)24/h3-10,15,18H,11H2,1-2H3. The van der Waals surface area contributed by atoms with Crippen LogP contribution < -0.4 is 0 Å². The van der Waals surface area contributed by atoms with E-state index in [1.807, 2.05) is 19.9 Å². The lowest BCUT2D eigenvalue weighted by molar-refractivity contribution is -0.147. The van der Waals surface area contributed by atoms with E-state index >= 15 is 0 Å². The lowest BCUT2D eigenvalue weighted by atomic mass is 10.0. The van der Waals surface area contributed by atoms with Crippen molar-refractivity contribution in [3.05, 3.63) is 69.1 Å².